The summed E-state index contributed by atoms with van der Waals surface area (Å²) in [6, 6.07) is 0.124. The lowest BCUT2D eigenvalue weighted by Gasteiger charge is -2.29. The Kier molecular flexibility index (Phi) is 28.7. The number of carbonyl (C=O) groups is 1. The van der Waals surface area contributed by atoms with Gasteiger partial charge in [-0.3, -0.25) is 0 Å². The van der Waals surface area contributed by atoms with E-state index in [0.717, 1.165) is 31.4 Å². The molecule has 2 atom stereocenters. The van der Waals surface area contributed by atoms with E-state index in [1.807, 2.05) is 65.2 Å². The monoisotopic (exact) mass is 430 g/mol. The largest absolute Gasteiger partial charge is 0.349 e. The molecule has 2 unspecified atom stereocenters. The van der Waals surface area contributed by atoms with Crippen molar-refractivity contribution in [2.24, 2.45) is 5.92 Å². The normalized spacial score (nSPS) is 18.2. The summed E-state index contributed by atoms with van der Waals surface area (Å²) < 4.78 is 0. The van der Waals surface area contributed by atoms with Crippen LogP contribution in [0.4, 0.5) is 4.79 Å². The minimum Gasteiger partial charge on any atom is -0.349 e. The SMILES string of the molecule is C=C1NC2C(N1CC)N(CC)C(=O)N2CC.CC.CC.CC.CCC.CCC(C)C. The highest BCUT2D eigenvalue weighted by Crippen LogP contribution is 2.30. The first-order valence-corrected chi connectivity index (χ1v) is 12.6. The van der Waals surface area contributed by atoms with Crippen molar-refractivity contribution in [3.8, 4) is 0 Å². The van der Waals surface area contributed by atoms with Crippen LogP contribution in [-0.4, -0.2) is 52.7 Å². The maximum absolute atomic E-state index is 12.1. The molecule has 0 spiro atoms. The molecule has 0 saturated carbocycles. The standard InChI is InChI=1S/C11H20N4O.C5H12.C3H8.3C2H6/c1-5-13-8(4)12-9-10(13)15(7-3)11(16)14(9)6-2;1-4-5(2)3;1-3-2;3*1-2/h9-10,12H,4-7H2,1-3H3;5H,4H2,1-3H3;3H2,1-2H3;3*1-2H3. The Balaban J connectivity index is -0.000000202. The van der Waals surface area contributed by atoms with Gasteiger partial charge >= 0.3 is 6.03 Å². The zero-order chi connectivity index (χ0) is 24.9. The van der Waals surface area contributed by atoms with Crippen molar-refractivity contribution in [2.45, 2.75) is 122 Å². The second kappa shape index (κ2) is 23.9. The fourth-order valence-electron chi connectivity index (χ4n) is 2.67. The van der Waals surface area contributed by atoms with E-state index in [-0.39, 0.29) is 18.4 Å². The molecule has 2 saturated heterocycles. The van der Waals surface area contributed by atoms with Crippen molar-refractivity contribution in [3.05, 3.63) is 12.4 Å². The Hall–Kier alpha value is -1.39. The highest BCUT2D eigenvalue weighted by atomic mass is 16.2. The van der Waals surface area contributed by atoms with Crippen molar-refractivity contribution in [2.75, 3.05) is 19.6 Å². The Morgan fingerprint density at radius 1 is 0.800 bits per heavy atom. The van der Waals surface area contributed by atoms with Crippen LogP contribution < -0.4 is 5.32 Å². The average molecular weight is 431 g/mol. The third-order valence-corrected chi connectivity index (χ3v) is 4.25. The van der Waals surface area contributed by atoms with Gasteiger partial charge in [-0.2, -0.15) is 0 Å². The maximum Gasteiger partial charge on any atom is 0.323 e. The molecule has 2 fully saturated rings. The Bertz CT molecular complexity index is 383. The first-order valence-electron chi connectivity index (χ1n) is 12.6. The summed E-state index contributed by atoms with van der Waals surface area (Å²) in [6.07, 6.45) is 2.72. The highest BCUT2D eigenvalue weighted by Gasteiger charge is 2.51. The number of urea groups is 1. The predicted octanol–water partition coefficient (Wildman–Crippen LogP) is 7.36. The lowest BCUT2D eigenvalue weighted by molar-refractivity contribution is 0.143. The van der Waals surface area contributed by atoms with Gasteiger partial charge in [0.15, 0.2) is 0 Å². The van der Waals surface area contributed by atoms with Crippen molar-refractivity contribution < 1.29 is 4.79 Å². The minimum absolute atomic E-state index is 0.0601. The smallest absolute Gasteiger partial charge is 0.323 e. The molecule has 2 aliphatic rings. The molecule has 2 aliphatic heterocycles. The van der Waals surface area contributed by atoms with Gasteiger partial charge in [0.05, 0.1) is 5.82 Å². The van der Waals surface area contributed by atoms with Gasteiger partial charge in [0.1, 0.15) is 12.3 Å². The highest BCUT2D eigenvalue weighted by molar-refractivity contribution is 5.78. The molecule has 2 amide bonds. The second-order valence-electron chi connectivity index (χ2n) is 6.60. The summed E-state index contributed by atoms with van der Waals surface area (Å²) in [5, 5.41) is 3.31. The molecule has 30 heavy (non-hydrogen) atoms. The number of amides is 2. The summed E-state index contributed by atoms with van der Waals surface area (Å²) in [7, 11) is 0. The first kappa shape index (κ1) is 36.0. The number of nitrogens with zero attached hydrogens (tertiary/aromatic N) is 3. The third kappa shape index (κ3) is 11.7. The minimum atomic E-state index is 0.0601. The van der Waals surface area contributed by atoms with Crippen LogP contribution in [-0.2, 0) is 0 Å². The summed E-state index contributed by atoms with van der Waals surface area (Å²) >= 11 is 0. The Morgan fingerprint density at radius 3 is 1.40 bits per heavy atom. The molecule has 2 rings (SSSR count). The second-order valence-corrected chi connectivity index (χ2v) is 6.60. The number of carbonyl (C=O) groups excluding carboxylic acids is 1. The van der Waals surface area contributed by atoms with Crippen LogP contribution in [0.2, 0.25) is 0 Å². The topological polar surface area (TPSA) is 38.8 Å². The lowest BCUT2D eigenvalue weighted by atomic mass is 10.2. The molecule has 0 radical (unpaired) electrons. The van der Waals surface area contributed by atoms with E-state index in [4.69, 9.17) is 0 Å². The molecule has 5 nitrogen and oxygen atoms in total. The molecule has 184 valence electrons. The molecule has 1 N–H and O–H groups in total. The molecular formula is C25H58N4O. The summed E-state index contributed by atoms with van der Waals surface area (Å²) in [5.41, 5.74) is 0. The van der Waals surface area contributed by atoms with E-state index in [1.54, 1.807) is 0 Å². The van der Waals surface area contributed by atoms with Crippen molar-refractivity contribution in [3.63, 3.8) is 0 Å². The number of hydrogen-bond acceptors (Lipinski definition) is 3. The van der Waals surface area contributed by atoms with Crippen LogP contribution in [0.5, 0.6) is 0 Å². The fourth-order valence-corrected chi connectivity index (χ4v) is 2.67. The van der Waals surface area contributed by atoms with Crippen LogP contribution in [0.15, 0.2) is 12.4 Å². The molecule has 2 heterocycles. The van der Waals surface area contributed by atoms with E-state index in [1.165, 1.54) is 12.8 Å². The summed E-state index contributed by atoms with van der Waals surface area (Å²) in [4.78, 5) is 18.0. The van der Waals surface area contributed by atoms with E-state index < -0.39 is 0 Å². The third-order valence-electron chi connectivity index (χ3n) is 4.25. The van der Waals surface area contributed by atoms with Gasteiger partial charge in [-0.25, -0.2) is 4.79 Å². The van der Waals surface area contributed by atoms with Gasteiger partial charge < -0.3 is 20.0 Å². The van der Waals surface area contributed by atoms with E-state index >= 15 is 0 Å². The number of fused-ring (bicyclic) bond motifs is 1. The van der Waals surface area contributed by atoms with Crippen LogP contribution in [0, 0.1) is 5.92 Å². The zero-order valence-corrected chi connectivity index (χ0v) is 23.2. The van der Waals surface area contributed by atoms with Crippen LogP contribution >= 0.6 is 0 Å². The first-order chi connectivity index (χ1) is 14.3. The van der Waals surface area contributed by atoms with Gasteiger partial charge in [0.25, 0.3) is 0 Å². The molecule has 5 heteroatoms. The fraction of sp³-hybridized carbons (Fsp3) is 0.880. The predicted molar refractivity (Wildman–Crippen MR) is 138 cm³/mol. The number of nitrogens with one attached hydrogen (secondary N) is 1. The van der Waals surface area contributed by atoms with Crippen LogP contribution in [0.25, 0.3) is 0 Å². The summed E-state index contributed by atoms with van der Waals surface area (Å²) in [5.74, 6) is 1.80. The summed E-state index contributed by atoms with van der Waals surface area (Å²) in [6.45, 7) is 35.3. The van der Waals surface area contributed by atoms with Crippen molar-refractivity contribution in [1.29, 1.82) is 0 Å². The van der Waals surface area contributed by atoms with Gasteiger partial charge in [-0.1, -0.05) is 95.6 Å². The maximum atomic E-state index is 12.1. The van der Waals surface area contributed by atoms with Crippen molar-refractivity contribution >= 4 is 6.03 Å². The number of likely N-dealkylation sites (N-methyl/N-ethyl adjacent to an activating group) is 3. The van der Waals surface area contributed by atoms with Gasteiger partial charge in [-0.05, 0) is 26.7 Å². The van der Waals surface area contributed by atoms with E-state index in [0.29, 0.717) is 0 Å². The average Bonchev–Trinajstić information content (AvgIpc) is 3.23. The molecule has 0 aromatic rings. The molecule has 0 aromatic carbocycles. The van der Waals surface area contributed by atoms with Gasteiger partial charge in [0.2, 0.25) is 0 Å². The van der Waals surface area contributed by atoms with Gasteiger partial charge in [0, 0.05) is 19.6 Å². The number of rotatable bonds is 4. The number of hydrogen-bond donors (Lipinski definition) is 1. The molecular weight excluding hydrogens is 372 g/mol. The zero-order valence-electron chi connectivity index (χ0n) is 23.2. The molecule has 0 aromatic heterocycles. The van der Waals surface area contributed by atoms with Crippen molar-refractivity contribution in [1.82, 2.24) is 20.0 Å². The quantitative estimate of drug-likeness (QED) is 0.506. The van der Waals surface area contributed by atoms with Crippen LogP contribution in [0.1, 0.15) is 110 Å². The van der Waals surface area contributed by atoms with Crippen LogP contribution in [0.3, 0.4) is 0 Å². The van der Waals surface area contributed by atoms with Gasteiger partial charge in [-0.15, -0.1) is 0 Å². The Labute approximate surface area is 191 Å². The Morgan fingerprint density at radius 2 is 1.13 bits per heavy atom. The van der Waals surface area contributed by atoms with E-state index in [2.05, 4.69) is 58.3 Å². The lowest BCUT2D eigenvalue weighted by Crippen LogP contribution is -2.45. The van der Waals surface area contributed by atoms with E-state index in [9.17, 15) is 4.79 Å². The molecule has 0 bridgehead atoms. The molecule has 0 aliphatic carbocycles.